The first-order valence-corrected chi connectivity index (χ1v) is 9.17. The second-order valence-electron chi connectivity index (χ2n) is 6.59. The molecule has 0 aliphatic heterocycles. The molecule has 0 aliphatic carbocycles. The Bertz CT molecular complexity index is 749. The van der Waals surface area contributed by atoms with Gasteiger partial charge in [-0.15, -0.1) is 0 Å². The lowest BCUT2D eigenvalue weighted by Gasteiger charge is -2.09. The lowest BCUT2D eigenvalue weighted by Crippen LogP contribution is -2.06. The van der Waals surface area contributed by atoms with Crippen molar-refractivity contribution in [1.29, 1.82) is 0 Å². The van der Waals surface area contributed by atoms with Gasteiger partial charge in [-0.1, -0.05) is 18.7 Å². The van der Waals surface area contributed by atoms with Crippen LogP contribution in [-0.2, 0) is 9.53 Å². The highest BCUT2D eigenvalue weighted by Crippen LogP contribution is 2.26. The topological polar surface area (TPSA) is 87.6 Å². The molecule has 2 aromatic carbocycles. The highest BCUT2D eigenvalue weighted by atomic mass is 16.5. The van der Waals surface area contributed by atoms with Crippen LogP contribution in [0.3, 0.4) is 0 Å². The van der Waals surface area contributed by atoms with Gasteiger partial charge in [0, 0.05) is 16.9 Å². The zero-order chi connectivity index (χ0) is 19.6. The second kappa shape index (κ2) is 10.3. The van der Waals surface area contributed by atoms with Crippen molar-refractivity contribution in [3.63, 3.8) is 0 Å². The molecule has 0 aromatic heterocycles. The predicted octanol–water partition coefficient (Wildman–Crippen LogP) is 4.58. The van der Waals surface area contributed by atoms with E-state index >= 15 is 0 Å². The van der Waals surface area contributed by atoms with Crippen molar-refractivity contribution in [3.8, 4) is 16.9 Å². The minimum atomic E-state index is -0.317. The molecule has 144 valence electrons. The molecule has 0 heterocycles. The summed E-state index contributed by atoms with van der Waals surface area (Å²) >= 11 is 0. The summed E-state index contributed by atoms with van der Waals surface area (Å²) < 4.78 is 10.8. The van der Waals surface area contributed by atoms with Gasteiger partial charge in [0.1, 0.15) is 5.75 Å². The van der Waals surface area contributed by atoms with Crippen molar-refractivity contribution >= 4 is 17.3 Å². The molecule has 0 saturated carbocycles. The fourth-order valence-corrected chi connectivity index (χ4v) is 2.62. The molecule has 4 N–H and O–H groups in total. The van der Waals surface area contributed by atoms with Gasteiger partial charge in [0.15, 0.2) is 0 Å². The smallest absolute Gasteiger partial charge is 0.333 e. The molecule has 5 nitrogen and oxygen atoms in total. The molecule has 0 radical (unpaired) electrons. The van der Waals surface area contributed by atoms with E-state index in [9.17, 15) is 4.79 Å². The summed E-state index contributed by atoms with van der Waals surface area (Å²) in [5.74, 6) is 0.522. The van der Waals surface area contributed by atoms with Crippen LogP contribution in [0.1, 0.15) is 32.6 Å². The van der Waals surface area contributed by atoms with Gasteiger partial charge in [-0.2, -0.15) is 0 Å². The van der Waals surface area contributed by atoms with E-state index in [0.29, 0.717) is 30.2 Å². The number of nitrogens with two attached hydrogens (primary N) is 2. The molecule has 2 rings (SSSR count). The van der Waals surface area contributed by atoms with Crippen molar-refractivity contribution in [3.05, 3.63) is 54.6 Å². The summed E-state index contributed by atoms with van der Waals surface area (Å²) in [7, 11) is 0. The number of benzene rings is 2. The maximum Gasteiger partial charge on any atom is 0.333 e. The number of hydrogen-bond acceptors (Lipinski definition) is 5. The van der Waals surface area contributed by atoms with Crippen molar-refractivity contribution in [1.82, 2.24) is 0 Å². The van der Waals surface area contributed by atoms with Gasteiger partial charge < -0.3 is 20.9 Å². The third-order valence-corrected chi connectivity index (χ3v) is 4.05. The molecular weight excluding hydrogens is 340 g/mol. The van der Waals surface area contributed by atoms with E-state index in [0.717, 1.165) is 42.6 Å². The van der Waals surface area contributed by atoms with Gasteiger partial charge in [-0.25, -0.2) is 4.79 Å². The highest BCUT2D eigenvalue weighted by Gasteiger charge is 2.03. The number of ether oxygens (including phenoxy) is 2. The van der Waals surface area contributed by atoms with Gasteiger partial charge in [0.25, 0.3) is 0 Å². The lowest BCUT2D eigenvalue weighted by molar-refractivity contribution is -0.139. The Kier molecular flexibility index (Phi) is 7.74. The maximum absolute atomic E-state index is 11.2. The van der Waals surface area contributed by atoms with E-state index in [1.165, 1.54) is 0 Å². The first kappa shape index (κ1) is 20.4. The molecule has 0 spiro atoms. The fourth-order valence-electron chi connectivity index (χ4n) is 2.62. The van der Waals surface area contributed by atoms with E-state index in [2.05, 4.69) is 6.58 Å². The largest absolute Gasteiger partial charge is 0.494 e. The molecule has 0 saturated heterocycles. The predicted molar refractivity (Wildman–Crippen MR) is 110 cm³/mol. The van der Waals surface area contributed by atoms with Gasteiger partial charge in [-0.3, -0.25) is 0 Å². The molecule has 0 unspecified atom stereocenters. The third-order valence-electron chi connectivity index (χ3n) is 4.05. The molecule has 0 bridgehead atoms. The summed E-state index contributed by atoms with van der Waals surface area (Å²) in [6.07, 6.45) is 3.85. The number of unbranched alkanes of at least 4 members (excludes halogenated alkanes) is 3. The van der Waals surface area contributed by atoms with E-state index in [1.807, 2.05) is 36.4 Å². The Balaban J connectivity index is 1.66. The maximum atomic E-state index is 11.2. The van der Waals surface area contributed by atoms with Crippen LogP contribution < -0.4 is 16.2 Å². The van der Waals surface area contributed by atoms with Crippen LogP contribution in [0.4, 0.5) is 11.4 Å². The number of nitrogen functional groups attached to an aromatic ring is 2. The van der Waals surface area contributed by atoms with Crippen molar-refractivity contribution in [2.75, 3.05) is 24.7 Å². The Morgan fingerprint density at radius 3 is 2.07 bits per heavy atom. The average molecular weight is 368 g/mol. The summed E-state index contributed by atoms with van der Waals surface area (Å²) in [6.45, 7) is 6.31. The summed E-state index contributed by atoms with van der Waals surface area (Å²) in [4.78, 5) is 11.2. The number of rotatable bonds is 10. The van der Waals surface area contributed by atoms with E-state index in [1.54, 1.807) is 13.0 Å². The minimum absolute atomic E-state index is 0.317. The van der Waals surface area contributed by atoms with Crippen LogP contribution in [0.15, 0.2) is 54.6 Å². The Hall–Kier alpha value is -2.95. The van der Waals surface area contributed by atoms with Crippen molar-refractivity contribution < 1.29 is 14.3 Å². The number of anilines is 2. The number of carbonyl (C=O) groups excluding carboxylic acids is 1. The van der Waals surface area contributed by atoms with Gasteiger partial charge >= 0.3 is 5.97 Å². The third kappa shape index (κ3) is 7.05. The quantitative estimate of drug-likeness (QED) is 0.277. The normalized spacial score (nSPS) is 10.4. The van der Waals surface area contributed by atoms with Crippen LogP contribution in [-0.4, -0.2) is 19.2 Å². The van der Waals surface area contributed by atoms with Crippen LogP contribution in [0.5, 0.6) is 5.75 Å². The van der Waals surface area contributed by atoms with Gasteiger partial charge in [-0.05, 0) is 74.1 Å². The average Bonchev–Trinajstić information content (AvgIpc) is 2.63. The standard InChI is InChI=1S/C22H28N2O3/c1-16(2)22(25)27-12-6-4-3-5-11-26-21-9-7-17(8-10-21)18-13-19(23)15-20(24)14-18/h7-10,13-15H,1,3-6,11-12,23-24H2,2H3. The second-order valence-corrected chi connectivity index (χ2v) is 6.59. The molecular formula is C22H28N2O3. The molecule has 0 atom stereocenters. The zero-order valence-corrected chi connectivity index (χ0v) is 15.9. The summed E-state index contributed by atoms with van der Waals surface area (Å²) in [6, 6.07) is 13.4. The SMILES string of the molecule is C=C(C)C(=O)OCCCCCCOc1ccc(-c2cc(N)cc(N)c2)cc1. The Labute approximate surface area is 161 Å². The zero-order valence-electron chi connectivity index (χ0n) is 15.9. The van der Waals surface area contributed by atoms with Crippen LogP contribution in [0.25, 0.3) is 11.1 Å². The molecule has 2 aromatic rings. The van der Waals surface area contributed by atoms with Crippen LogP contribution >= 0.6 is 0 Å². The molecule has 5 heteroatoms. The van der Waals surface area contributed by atoms with E-state index in [4.69, 9.17) is 20.9 Å². The Morgan fingerprint density at radius 2 is 1.48 bits per heavy atom. The number of esters is 1. The van der Waals surface area contributed by atoms with Crippen molar-refractivity contribution in [2.24, 2.45) is 0 Å². The Morgan fingerprint density at radius 1 is 0.889 bits per heavy atom. The van der Waals surface area contributed by atoms with Crippen LogP contribution in [0, 0.1) is 0 Å². The van der Waals surface area contributed by atoms with Crippen molar-refractivity contribution in [2.45, 2.75) is 32.6 Å². The minimum Gasteiger partial charge on any atom is -0.494 e. The fraction of sp³-hybridized carbons (Fsp3) is 0.318. The van der Waals surface area contributed by atoms with Crippen LogP contribution in [0.2, 0.25) is 0 Å². The van der Waals surface area contributed by atoms with Gasteiger partial charge in [0.05, 0.1) is 13.2 Å². The number of carbonyl (C=O) groups is 1. The first-order chi connectivity index (χ1) is 13.0. The molecule has 27 heavy (non-hydrogen) atoms. The monoisotopic (exact) mass is 368 g/mol. The van der Waals surface area contributed by atoms with Gasteiger partial charge in [0.2, 0.25) is 0 Å². The molecule has 0 aliphatic rings. The lowest BCUT2D eigenvalue weighted by atomic mass is 10.0. The first-order valence-electron chi connectivity index (χ1n) is 9.17. The summed E-state index contributed by atoms with van der Waals surface area (Å²) in [5, 5.41) is 0. The molecule has 0 amide bonds. The van der Waals surface area contributed by atoms with E-state index in [-0.39, 0.29) is 5.97 Å². The summed E-state index contributed by atoms with van der Waals surface area (Å²) in [5.41, 5.74) is 15.5. The highest BCUT2D eigenvalue weighted by molar-refractivity contribution is 5.86. The van der Waals surface area contributed by atoms with E-state index < -0.39 is 0 Å². The number of hydrogen-bond donors (Lipinski definition) is 2. The molecule has 0 fully saturated rings.